The molecule has 0 aliphatic heterocycles. The van der Waals surface area contributed by atoms with Crippen molar-refractivity contribution in [2.75, 3.05) is 18.4 Å². The van der Waals surface area contributed by atoms with E-state index in [1.165, 1.54) is 24.5 Å². The maximum atomic E-state index is 13.6. The normalized spacial score (nSPS) is 11.4. The molecule has 3 rings (SSSR count). The van der Waals surface area contributed by atoms with Crippen LogP contribution < -0.4 is 10.0 Å². The van der Waals surface area contributed by atoms with Crippen LogP contribution in [0.4, 0.5) is 10.2 Å². The highest BCUT2D eigenvalue weighted by molar-refractivity contribution is 7.89. The molecule has 0 aliphatic rings. The molecule has 3 aromatic rings. The highest BCUT2D eigenvalue weighted by Crippen LogP contribution is 2.13. The van der Waals surface area contributed by atoms with Crippen molar-refractivity contribution in [1.82, 2.24) is 19.3 Å². The molecule has 1 aromatic carbocycles. The molecule has 25 heavy (non-hydrogen) atoms. The number of sulfonamides is 1. The van der Waals surface area contributed by atoms with E-state index in [1.807, 2.05) is 29.1 Å². The molecule has 0 bridgehead atoms. The van der Waals surface area contributed by atoms with E-state index >= 15 is 0 Å². The summed E-state index contributed by atoms with van der Waals surface area (Å²) < 4.78 is 41.9. The molecule has 0 atom stereocenters. The fraction of sp³-hybridized carbons (Fsp3) is 0.125. The summed E-state index contributed by atoms with van der Waals surface area (Å²) in [5.74, 6) is 0.466. The molecule has 0 radical (unpaired) electrons. The van der Waals surface area contributed by atoms with Gasteiger partial charge >= 0.3 is 0 Å². The van der Waals surface area contributed by atoms with Gasteiger partial charge in [-0.1, -0.05) is 12.1 Å². The second kappa shape index (κ2) is 7.41. The van der Waals surface area contributed by atoms with Crippen LogP contribution in [0, 0.1) is 5.82 Å². The first kappa shape index (κ1) is 17.1. The second-order valence-electron chi connectivity index (χ2n) is 5.11. The van der Waals surface area contributed by atoms with Crippen molar-refractivity contribution < 1.29 is 12.8 Å². The van der Waals surface area contributed by atoms with E-state index in [2.05, 4.69) is 20.0 Å². The molecule has 0 spiro atoms. The van der Waals surface area contributed by atoms with Gasteiger partial charge < -0.3 is 9.88 Å². The van der Waals surface area contributed by atoms with E-state index in [1.54, 1.807) is 6.07 Å². The highest BCUT2D eigenvalue weighted by Gasteiger charge is 2.17. The minimum absolute atomic E-state index is 0.0829. The summed E-state index contributed by atoms with van der Waals surface area (Å²) in [7, 11) is -3.89. The van der Waals surface area contributed by atoms with E-state index in [4.69, 9.17) is 0 Å². The van der Waals surface area contributed by atoms with Crippen LogP contribution in [0.3, 0.4) is 0 Å². The van der Waals surface area contributed by atoms with Gasteiger partial charge in [0.15, 0.2) is 0 Å². The molecule has 2 N–H and O–H groups in total. The number of hydrogen-bond donors (Lipinski definition) is 2. The van der Waals surface area contributed by atoms with Crippen molar-refractivity contribution in [2.45, 2.75) is 4.90 Å². The molecule has 2 aromatic heterocycles. The molecular weight excluding hydrogens is 345 g/mol. The zero-order chi connectivity index (χ0) is 17.7. The van der Waals surface area contributed by atoms with E-state index in [0.717, 1.165) is 6.07 Å². The third-order valence-corrected chi connectivity index (χ3v) is 4.87. The molecule has 0 amide bonds. The molecule has 9 heteroatoms. The van der Waals surface area contributed by atoms with Crippen LogP contribution in [0.15, 0.2) is 66.1 Å². The number of benzene rings is 1. The predicted molar refractivity (Wildman–Crippen MR) is 91.4 cm³/mol. The van der Waals surface area contributed by atoms with Crippen LogP contribution >= 0.6 is 0 Å². The predicted octanol–water partition coefficient (Wildman–Crippen LogP) is 1.80. The van der Waals surface area contributed by atoms with Gasteiger partial charge in [0, 0.05) is 31.5 Å². The van der Waals surface area contributed by atoms with Crippen LogP contribution in [0.25, 0.3) is 5.82 Å². The number of nitrogens with zero attached hydrogens (tertiary/aromatic N) is 3. The maximum Gasteiger partial charge on any atom is 0.243 e. The van der Waals surface area contributed by atoms with E-state index in [-0.39, 0.29) is 18.0 Å². The Balaban J connectivity index is 1.57. The number of aromatic nitrogens is 3. The Labute approximate surface area is 144 Å². The van der Waals surface area contributed by atoms with Crippen LogP contribution in [-0.4, -0.2) is 36.0 Å². The van der Waals surface area contributed by atoms with Crippen molar-refractivity contribution in [3.8, 4) is 5.82 Å². The number of anilines is 1. The molecule has 0 unspecified atom stereocenters. The molecule has 0 saturated carbocycles. The first-order valence-electron chi connectivity index (χ1n) is 7.50. The first-order chi connectivity index (χ1) is 12.1. The van der Waals surface area contributed by atoms with Gasteiger partial charge in [0.1, 0.15) is 28.7 Å². The Morgan fingerprint density at radius 2 is 1.80 bits per heavy atom. The van der Waals surface area contributed by atoms with Crippen molar-refractivity contribution in [2.24, 2.45) is 0 Å². The summed E-state index contributed by atoms with van der Waals surface area (Å²) >= 11 is 0. The van der Waals surface area contributed by atoms with Crippen molar-refractivity contribution in [1.29, 1.82) is 0 Å². The van der Waals surface area contributed by atoms with Gasteiger partial charge in [0.05, 0.1) is 0 Å². The summed E-state index contributed by atoms with van der Waals surface area (Å²) in [6, 6.07) is 10.7. The second-order valence-corrected chi connectivity index (χ2v) is 6.84. The summed E-state index contributed by atoms with van der Waals surface area (Å²) in [5.41, 5.74) is 0. The van der Waals surface area contributed by atoms with E-state index in [9.17, 15) is 12.8 Å². The van der Waals surface area contributed by atoms with Gasteiger partial charge in [-0.25, -0.2) is 27.5 Å². The molecule has 2 heterocycles. The summed E-state index contributed by atoms with van der Waals surface area (Å²) in [4.78, 5) is 7.87. The summed E-state index contributed by atoms with van der Waals surface area (Å²) in [6.07, 6.45) is 5.13. The summed E-state index contributed by atoms with van der Waals surface area (Å²) in [5, 5.41) is 3.00. The number of nitrogens with one attached hydrogen (secondary N) is 2. The van der Waals surface area contributed by atoms with Gasteiger partial charge in [-0.2, -0.15) is 0 Å². The van der Waals surface area contributed by atoms with Crippen LogP contribution in [0.2, 0.25) is 0 Å². The van der Waals surface area contributed by atoms with Gasteiger partial charge in [0.25, 0.3) is 0 Å². The quantitative estimate of drug-likeness (QED) is 0.627. The van der Waals surface area contributed by atoms with Crippen LogP contribution in [-0.2, 0) is 10.0 Å². The maximum absolute atomic E-state index is 13.6. The standard InChI is InChI=1S/C16H16FN5O2S/c17-13-5-1-2-6-14(13)25(23,24)21-8-7-18-15-11-16(20-12-19-15)22-9-3-4-10-22/h1-6,9-12,21H,7-8H2,(H,18,19,20). The van der Waals surface area contributed by atoms with E-state index in [0.29, 0.717) is 11.6 Å². The molecular formula is C16H16FN5O2S. The SMILES string of the molecule is O=S(=O)(NCCNc1cc(-n2cccc2)ncn1)c1ccccc1F. The molecule has 0 saturated heterocycles. The largest absolute Gasteiger partial charge is 0.369 e. The Hall–Kier alpha value is -2.78. The van der Waals surface area contributed by atoms with Gasteiger partial charge in [-0.05, 0) is 24.3 Å². The zero-order valence-corrected chi connectivity index (χ0v) is 13.9. The minimum atomic E-state index is -3.89. The van der Waals surface area contributed by atoms with E-state index < -0.39 is 15.8 Å². The van der Waals surface area contributed by atoms with Crippen LogP contribution in [0.1, 0.15) is 0 Å². The third kappa shape index (κ3) is 4.20. The first-order valence-corrected chi connectivity index (χ1v) is 8.98. The number of hydrogen-bond acceptors (Lipinski definition) is 5. The highest BCUT2D eigenvalue weighted by atomic mass is 32.2. The lowest BCUT2D eigenvalue weighted by Crippen LogP contribution is -2.29. The Morgan fingerprint density at radius 1 is 1.04 bits per heavy atom. The third-order valence-electron chi connectivity index (χ3n) is 3.37. The van der Waals surface area contributed by atoms with Crippen molar-refractivity contribution in [3.05, 3.63) is 67.0 Å². The lowest BCUT2D eigenvalue weighted by molar-refractivity contribution is 0.558. The Morgan fingerprint density at radius 3 is 2.56 bits per heavy atom. The number of rotatable bonds is 7. The van der Waals surface area contributed by atoms with Gasteiger partial charge in [-0.3, -0.25) is 0 Å². The number of halogens is 1. The topological polar surface area (TPSA) is 88.9 Å². The Kier molecular flexibility index (Phi) is 5.05. The minimum Gasteiger partial charge on any atom is -0.369 e. The molecule has 0 fully saturated rings. The fourth-order valence-corrected chi connectivity index (χ4v) is 3.30. The zero-order valence-electron chi connectivity index (χ0n) is 13.1. The fourth-order valence-electron chi connectivity index (χ4n) is 2.19. The monoisotopic (exact) mass is 361 g/mol. The van der Waals surface area contributed by atoms with Gasteiger partial charge in [0.2, 0.25) is 10.0 Å². The van der Waals surface area contributed by atoms with Gasteiger partial charge in [-0.15, -0.1) is 0 Å². The lowest BCUT2D eigenvalue weighted by atomic mass is 10.4. The molecule has 7 nitrogen and oxygen atoms in total. The smallest absolute Gasteiger partial charge is 0.243 e. The summed E-state index contributed by atoms with van der Waals surface area (Å²) in [6.45, 7) is 0.370. The average Bonchev–Trinajstić information content (AvgIpc) is 3.14. The van der Waals surface area contributed by atoms with Crippen LogP contribution in [0.5, 0.6) is 0 Å². The van der Waals surface area contributed by atoms with Crippen molar-refractivity contribution in [3.63, 3.8) is 0 Å². The molecule has 0 aliphatic carbocycles. The Bertz CT molecular complexity index is 945. The lowest BCUT2D eigenvalue weighted by Gasteiger charge is -2.09. The average molecular weight is 361 g/mol. The van der Waals surface area contributed by atoms with Crippen molar-refractivity contribution >= 4 is 15.8 Å². The molecule has 130 valence electrons.